The molecule has 2 aromatic rings. The average Bonchev–Trinajstić information content (AvgIpc) is 3.09. The minimum atomic E-state index is -0.212. The fourth-order valence-corrected chi connectivity index (χ4v) is 3.11. The van der Waals surface area contributed by atoms with E-state index in [0.29, 0.717) is 17.5 Å². The van der Waals surface area contributed by atoms with Gasteiger partial charge in [-0.05, 0) is 31.0 Å². The summed E-state index contributed by atoms with van der Waals surface area (Å²) in [5.74, 6) is 0. The van der Waals surface area contributed by atoms with Gasteiger partial charge in [-0.25, -0.2) is 0 Å². The maximum atomic E-state index is 6.19. The highest BCUT2D eigenvalue weighted by Gasteiger charge is 2.19. The SMILES string of the molecule is NC(Cc1ccn(C2CCCC2)n1)c1ncccc1Cl. The van der Waals surface area contributed by atoms with Crippen molar-refractivity contribution in [1.29, 1.82) is 0 Å². The van der Waals surface area contributed by atoms with Crippen molar-refractivity contribution in [3.63, 3.8) is 0 Å². The quantitative estimate of drug-likeness (QED) is 0.940. The van der Waals surface area contributed by atoms with Gasteiger partial charge in [-0.2, -0.15) is 5.10 Å². The Morgan fingerprint density at radius 1 is 1.35 bits per heavy atom. The fourth-order valence-electron chi connectivity index (χ4n) is 2.85. The van der Waals surface area contributed by atoms with Crippen LogP contribution in [0.15, 0.2) is 30.6 Å². The molecule has 2 aromatic heterocycles. The van der Waals surface area contributed by atoms with Crippen LogP contribution in [0.5, 0.6) is 0 Å². The Kier molecular flexibility index (Phi) is 4.03. The lowest BCUT2D eigenvalue weighted by Crippen LogP contribution is -2.16. The third-order valence-electron chi connectivity index (χ3n) is 3.93. The lowest BCUT2D eigenvalue weighted by atomic mass is 10.1. The summed E-state index contributed by atoms with van der Waals surface area (Å²) < 4.78 is 2.09. The van der Waals surface area contributed by atoms with E-state index in [0.717, 1.165) is 11.4 Å². The summed E-state index contributed by atoms with van der Waals surface area (Å²) in [7, 11) is 0. The van der Waals surface area contributed by atoms with E-state index in [9.17, 15) is 0 Å². The second-order valence-electron chi connectivity index (χ2n) is 5.41. The molecule has 1 saturated carbocycles. The maximum Gasteiger partial charge on any atom is 0.0760 e. The highest BCUT2D eigenvalue weighted by molar-refractivity contribution is 6.31. The summed E-state index contributed by atoms with van der Waals surface area (Å²) in [5, 5.41) is 5.27. The van der Waals surface area contributed by atoms with Crippen LogP contribution in [0, 0.1) is 0 Å². The van der Waals surface area contributed by atoms with E-state index < -0.39 is 0 Å². The van der Waals surface area contributed by atoms with Crippen molar-refractivity contribution in [2.45, 2.75) is 44.2 Å². The second-order valence-corrected chi connectivity index (χ2v) is 5.81. The Morgan fingerprint density at radius 3 is 2.90 bits per heavy atom. The molecule has 20 heavy (non-hydrogen) atoms. The molecule has 0 spiro atoms. The summed E-state index contributed by atoms with van der Waals surface area (Å²) in [5.41, 5.74) is 7.94. The molecule has 1 aliphatic carbocycles. The van der Waals surface area contributed by atoms with E-state index >= 15 is 0 Å². The van der Waals surface area contributed by atoms with Gasteiger partial charge >= 0.3 is 0 Å². The van der Waals surface area contributed by atoms with Gasteiger partial charge in [0.15, 0.2) is 0 Å². The van der Waals surface area contributed by atoms with E-state index in [4.69, 9.17) is 17.3 Å². The minimum Gasteiger partial charge on any atom is -0.322 e. The van der Waals surface area contributed by atoms with Crippen LogP contribution in [0.25, 0.3) is 0 Å². The van der Waals surface area contributed by atoms with Crippen LogP contribution >= 0.6 is 11.6 Å². The average molecular weight is 291 g/mol. The Hall–Kier alpha value is -1.39. The first-order valence-electron chi connectivity index (χ1n) is 7.14. The van der Waals surface area contributed by atoms with Crippen molar-refractivity contribution in [2.24, 2.45) is 5.73 Å². The van der Waals surface area contributed by atoms with Crippen LogP contribution in [0.1, 0.15) is 49.2 Å². The molecule has 5 heteroatoms. The van der Waals surface area contributed by atoms with E-state index in [1.807, 2.05) is 12.1 Å². The molecule has 1 unspecified atom stereocenters. The molecule has 1 aliphatic rings. The predicted molar refractivity (Wildman–Crippen MR) is 79.6 cm³/mol. The summed E-state index contributed by atoms with van der Waals surface area (Å²) >= 11 is 6.13. The third kappa shape index (κ3) is 2.86. The molecule has 1 fully saturated rings. The first kappa shape index (κ1) is 13.6. The molecule has 0 amide bonds. The molecule has 0 radical (unpaired) electrons. The molecule has 2 heterocycles. The Labute approximate surface area is 124 Å². The van der Waals surface area contributed by atoms with E-state index in [1.165, 1.54) is 25.7 Å². The van der Waals surface area contributed by atoms with Gasteiger partial charge < -0.3 is 5.73 Å². The van der Waals surface area contributed by atoms with Gasteiger partial charge in [-0.15, -0.1) is 0 Å². The number of hydrogen-bond donors (Lipinski definition) is 1. The summed E-state index contributed by atoms with van der Waals surface area (Å²) in [6.45, 7) is 0. The monoisotopic (exact) mass is 290 g/mol. The maximum absolute atomic E-state index is 6.19. The van der Waals surface area contributed by atoms with Crippen LogP contribution in [0.2, 0.25) is 5.02 Å². The minimum absolute atomic E-state index is 0.212. The van der Waals surface area contributed by atoms with Crippen LogP contribution in [0.3, 0.4) is 0 Å². The van der Waals surface area contributed by atoms with Gasteiger partial charge in [0.2, 0.25) is 0 Å². The second kappa shape index (κ2) is 5.94. The number of hydrogen-bond acceptors (Lipinski definition) is 3. The van der Waals surface area contributed by atoms with Gasteiger partial charge in [-0.1, -0.05) is 24.4 Å². The van der Waals surface area contributed by atoms with Crippen LogP contribution < -0.4 is 5.73 Å². The van der Waals surface area contributed by atoms with E-state index in [-0.39, 0.29) is 6.04 Å². The predicted octanol–water partition coefficient (Wildman–Crippen LogP) is 3.29. The molecular formula is C15H19ClN4. The Balaban J connectivity index is 1.70. The molecule has 0 aliphatic heterocycles. The first-order valence-corrected chi connectivity index (χ1v) is 7.52. The lowest BCUT2D eigenvalue weighted by Gasteiger charge is -2.12. The Morgan fingerprint density at radius 2 is 2.15 bits per heavy atom. The zero-order valence-electron chi connectivity index (χ0n) is 11.4. The molecule has 1 atom stereocenters. The summed E-state index contributed by atoms with van der Waals surface area (Å²) in [6, 6.07) is 6.04. The van der Waals surface area contributed by atoms with Gasteiger partial charge in [0.25, 0.3) is 0 Å². The highest BCUT2D eigenvalue weighted by atomic mass is 35.5. The molecule has 4 nitrogen and oxygen atoms in total. The molecule has 106 valence electrons. The van der Waals surface area contributed by atoms with Crippen molar-refractivity contribution in [1.82, 2.24) is 14.8 Å². The normalized spacial score (nSPS) is 17.5. The van der Waals surface area contributed by atoms with Gasteiger partial charge in [0.05, 0.1) is 28.5 Å². The van der Waals surface area contributed by atoms with E-state index in [1.54, 1.807) is 6.20 Å². The van der Waals surface area contributed by atoms with Crippen molar-refractivity contribution in [2.75, 3.05) is 0 Å². The molecule has 2 N–H and O–H groups in total. The van der Waals surface area contributed by atoms with Gasteiger partial charge in [-0.3, -0.25) is 9.67 Å². The number of rotatable bonds is 4. The van der Waals surface area contributed by atoms with Crippen molar-refractivity contribution in [3.05, 3.63) is 47.0 Å². The number of nitrogens with two attached hydrogens (primary N) is 1. The largest absolute Gasteiger partial charge is 0.322 e. The number of nitrogens with zero attached hydrogens (tertiary/aromatic N) is 3. The number of pyridine rings is 1. The zero-order chi connectivity index (χ0) is 13.9. The third-order valence-corrected chi connectivity index (χ3v) is 4.25. The van der Waals surface area contributed by atoms with Crippen molar-refractivity contribution < 1.29 is 0 Å². The summed E-state index contributed by atoms with van der Waals surface area (Å²) in [4.78, 5) is 4.27. The molecular weight excluding hydrogens is 272 g/mol. The zero-order valence-corrected chi connectivity index (χ0v) is 12.1. The Bertz CT molecular complexity index is 575. The number of aromatic nitrogens is 3. The standard InChI is InChI=1S/C15H19ClN4/c16-13-6-3-8-18-15(13)14(17)10-11-7-9-20(19-11)12-4-1-2-5-12/h3,6-9,12,14H,1-2,4-5,10,17H2. The summed E-state index contributed by atoms with van der Waals surface area (Å²) in [6.07, 6.45) is 9.54. The molecule has 3 rings (SSSR count). The highest BCUT2D eigenvalue weighted by Crippen LogP contribution is 2.29. The smallest absolute Gasteiger partial charge is 0.0760 e. The molecule has 0 saturated heterocycles. The topological polar surface area (TPSA) is 56.7 Å². The van der Waals surface area contributed by atoms with Crippen LogP contribution in [-0.2, 0) is 6.42 Å². The van der Waals surface area contributed by atoms with E-state index in [2.05, 4.69) is 27.0 Å². The molecule has 0 aromatic carbocycles. The van der Waals surface area contributed by atoms with Crippen LogP contribution in [0.4, 0.5) is 0 Å². The lowest BCUT2D eigenvalue weighted by molar-refractivity contribution is 0.461. The fraction of sp³-hybridized carbons (Fsp3) is 0.467. The van der Waals surface area contributed by atoms with Gasteiger partial charge in [0.1, 0.15) is 0 Å². The molecule has 0 bridgehead atoms. The van der Waals surface area contributed by atoms with Crippen LogP contribution in [-0.4, -0.2) is 14.8 Å². The number of halogens is 1. The van der Waals surface area contributed by atoms with Crippen molar-refractivity contribution in [3.8, 4) is 0 Å². The van der Waals surface area contributed by atoms with Gasteiger partial charge in [0, 0.05) is 18.8 Å². The first-order chi connectivity index (χ1) is 9.74. The van der Waals surface area contributed by atoms with Crippen molar-refractivity contribution >= 4 is 11.6 Å².